The van der Waals surface area contributed by atoms with Crippen LogP contribution in [0.3, 0.4) is 0 Å². The zero-order chi connectivity index (χ0) is 18.5. The molecule has 1 unspecified atom stereocenters. The lowest BCUT2D eigenvalue weighted by molar-refractivity contribution is -0.127. The summed E-state index contributed by atoms with van der Waals surface area (Å²) in [6.45, 7) is 0.797. The Balaban J connectivity index is 1.55. The van der Waals surface area contributed by atoms with E-state index in [1.807, 2.05) is 0 Å². The number of phenols is 1. The van der Waals surface area contributed by atoms with Crippen molar-refractivity contribution in [3.8, 4) is 5.75 Å². The lowest BCUT2D eigenvalue weighted by Crippen LogP contribution is -2.50. The second kappa shape index (κ2) is 7.73. The summed E-state index contributed by atoms with van der Waals surface area (Å²) in [6.07, 6.45) is 2.72. The minimum atomic E-state index is -0.615. The Morgan fingerprint density at radius 1 is 1.12 bits per heavy atom. The third-order valence-corrected chi connectivity index (χ3v) is 4.26. The Labute approximate surface area is 149 Å². The van der Waals surface area contributed by atoms with Crippen LogP contribution in [0, 0.1) is 5.92 Å². The lowest BCUT2D eigenvalue weighted by atomic mass is 9.97. The van der Waals surface area contributed by atoms with Gasteiger partial charge in [0, 0.05) is 13.1 Å². The molecule has 3 N–H and O–H groups in total. The molecule has 0 spiro atoms. The first kappa shape index (κ1) is 17.5. The fourth-order valence-corrected chi connectivity index (χ4v) is 2.89. The maximum absolute atomic E-state index is 12.3. The van der Waals surface area contributed by atoms with Crippen LogP contribution in [0.4, 0.5) is 0 Å². The number of hydrogen-bond acceptors (Lipinski definition) is 5. The highest BCUT2D eigenvalue weighted by molar-refractivity contribution is 5.98. The van der Waals surface area contributed by atoms with Gasteiger partial charge in [0.1, 0.15) is 5.75 Å². The van der Waals surface area contributed by atoms with Crippen LogP contribution < -0.4 is 10.9 Å². The summed E-state index contributed by atoms with van der Waals surface area (Å²) in [5, 5.41) is 9.65. The molecule has 1 aliphatic rings. The number of carbonyl (C=O) groups excluding carboxylic acids is 3. The van der Waals surface area contributed by atoms with E-state index in [1.54, 1.807) is 29.2 Å². The minimum absolute atomic E-state index is 0.0612. The van der Waals surface area contributed by atoms with Gasteiger partial charge in [0.05, 0.1) is 17.7 Å². The van der Waals surface area contributed by atoms with Gasteiger partial charge in [0.2, 0.25) is 5.91 Å². The number of piperidine rings is 1. The summed E-state index contributed by atoms with van der Waals surface area (Å²) in [7, 11) is 0. The molecule has 0 radical (unpaired) electrons. The SMILES string of the molecule is O=C(NNC(=O)C1CCCN(C(=O)c2ccco2)C1)c1ccccc1O. The van der Waals surface area contributed by atoms with E-state index in [2.05, 4.69) is 10.9 Å². The Morgan fingerprint density at radius 2 is 1.92 bits per heavy atom. The highest BCUT2D eigenvalue weighted by Gasteiger charge is 2.30. The summed E-state index contributed by atoms with van der Waals surface area (Å²) < 4.78 is 5.11. The average Bonchev–Trinajstić information content (AvgIpc) is 3.20. The molecule has 26 heavy (non-hydrogen) atoms. The van der Waals surface area contributed by atoms with Crippen molar-refractivity contribution in [2.24, 2.45) is 5.92 Å². The van der Waals surface area contributed by atoms with Crippen molar-refractivity contribution in [1.82, 2.24) is 15.8 Å². The van der Waals surface area contributed by atoms with Crippen LogP contribution in [0.25, 0.3) is 0 Å². The van der Waals surface area contributed by atoms with Gasteiger partial charge < -0.3 is 14.4 Å². The predicted octanol–water partition coefficient (Wildman–Crippen LogP) is 1.30. The molecule has 0 bridgehead atoms. The molecule has 8 nitrogen and oxygen atoms in total. The number of carbonyl (C=O) groups is 3. The Kier molecular flexibility index (Phi) is 5.21. The number of nitrogens with one attached hydrogen (secondary N) is 2. The maximum Gasteiger partial charge on any atom is 0.289 e. The topological polar surface area (TPSA) is 112 Å². The van der Waals surface area contributed by atoms with Gasteiger partial charge in [0.25, 0.3) is 11.8 Å². The van der Waals surface area contributed by atoms with Crippen molar-refractivity contribution < 1.29 is 23.9 Å². The van der Waals surface area contributed by atoms with Gasteiger partial charge in [-0.3, -0.25) is 25.2 Å². The number of hydrazine groups is 1. The first-order chi connectivity index (χ1) is 12.6. The van der Waals surface area contributed by atoms with Crippen molar-refractivity contribution in [2.75, 3.05) is 13.1 Å². The van der Waals surface area contributed by atoms with Crippen LogP contribution in [-0.4, -0.2) is 40.8 Å². The number of phenolic OH excluding ortho intramolecular Hbond substituents is 1. The van der Waals surface area contributed by atoms with E-state index in [4.69, 9.17) is 4.42 Å². The van der Waals surface area contributed by atoms with Gasteiger partial charge in [-0.15, -0.1) is 0 Å². The fourth-order valence-electron chi connectivity index (χ4n) is 2.89. The Morgan fingerprint density at radius 3 is 2.65 bits per heavy atom. The van der Waals surface area contributed by atoms with Crippen molar-refractivity contribution >= 4 is 17.7 Å². The van der Waals surface area contributed by atoms with Gasteiger partial charge in [-0.2, -0.15) is 0 Å². The van der Waals surface area contributed by atoms with E-state index in [-0.39, 0.29) is 35.4 Å². The number of rotatable bonds is 3. The van der Waals surface area contributed by atoms with Crippen LogP contribution in [-0.2, 0) is 4.79 Å². The van der Waals surface area contributed by atoms with Crippen molar-refractivity contribution in [2.45, 2.75) is 12.8 Å². The number of hydrogen-bond donors (Lipinski definition) is 3. The molecule has 1 aliphatic heterocycles. The summed E-state index contributed by atoms with van der Waals surface area (Å²) in [5.41, 5.74) is 4.71. The molecule has 1 aromatic heterocycles. The highest BCUT2D eigenvalue weighted by atomic mass is 16.3. The molecule has 1 atom stereocenters. The first-order valence-electron chi connectivity index (χ1n) is 8.27. The molecule has 2 aromatic rings. The number of likely N-dealkylation sites (tertiary alicyclic amines) is 1. The zero-order valence-electron chi connectivity index (χ0n) is 14.0. The van der Waals surface area contributed by atoms with Gasteiger partial charge in [-0.1, -0.05) is 12.1 Å². The summed E-state index contributed by atoms with van der Waals surface area (Å²) in [4.78, 5) is 38.2. The number of nitrogens with zero attached hydrogens (tertiary/aromatic N) is 1. The second-order valence-electron chi connectivity index (χ2n) is 6.03. The molecule has 1 aromatic carbocycles. The molecule has 1 fully saturated rings. The molecule has 0 aliphatic carbocycles. The monoisotopic (exact) mass is 357 g/mol. The average molecular weight is 357 g/mol. The van der Waals surface area contributed by atoms with E-state index in [9.17, 15) is 19.5 Å². The maximum atomic E-state index is 12.3. The van der Waals surface area contributed by atoms with E-state index >= 15 is 0 Å². The van der Waals surface area contributed by atoms with Crippen molar-refractivity contribution in [1.29, 1.82) is 0 Å². The van der Waals surface area contributed by atoms with Crippen molar-refractivity contribution in [3.05, 3.63) is 54.0 Å². The summed E-state index contributed by atoms with van der Waals surface area (Å²) in [6, 6.07) is 9.25. The standard InChI is InChI=1S/C18H19N3O5/c22-14-7-2-1-6-13(14)17(24)20-19-16(23)12-5-3-9-21(11-12)18(25)15-8-4-10-26-15/h1-2,4,6-8,10,12,22H,3,5,9,11H2,(H,19,23)(H,20,24). The summed E-state index contributed by atoms with van der Waals surface area (Å²) in [5.74, 6) is -1.63. The lowest BCUT2D eigenvalue weighted by Gasteiger charge is -2.31. The zero-order valence-corrected chi connectivity index (χ0v) is 14.0. The highest BCUT2D eigenvalue weighted by Crippen LogP contribution is 2.19. The quantitative estimate of drug-likeness (QED) is 0.717. The van der Waals surface area contributed by atoms with Gasteiger partial charge >= 0.3 is 0 Å². The number of furan rings is 1. The van der Waals surface area contributed by atoms with E-state index in [0.29, 0.717) is 19.4 Å². The second-order valence-corrected chi connectivity index (χ2v) is 6.03. The van der Waals surface area contributed by atoms with Crippen LogP contribution in [0.1, 0.15) is 33.8 Å². The van der Waals surface area contributed by atoms with Gasteiger partial charge in [-0.25, -0.2) is 0 Å². The predicted molar refractivity (Wildman–Crippen MR) is 91.1 cm³/mol. The number of amides is 3. The molecule has 3 rings (SSSR count). The third kappa shape index (κ3) is 3.85. The number of benzene rings is 1. The van der Waals surface area contributed by atoms with Crippen LogP contribution in [0.2, 0.25) is 0 Å². The molecule has 0 saturated carbocycles. The van der Waals surface area contributed by atoms with Crippen LogP contribution >= 0.6 is 0 Å². The molecular formula is C18H19N3O5. The molecule has 3 amide bonds. The fraction of sp³-hybridized carbons (Fsp3) is 0.278. The van der Waals surface area contributed by atoms with Gasteiger partial charge in [-0.05, 0) is 37.1 Å². The number of para-hydroxylation sites is 1. The van der Waals surface area contributed by atoms with Crippen LogP contribution in [0.5, 0.6) is 5.75 Å². The van der Waals surface area contributed by atoms with Gasteiger partial charge in [0.15, 0.2) is 5.76 Å². The van der Waals surface area contributed by atoms with E-state index in [0.717, 1.165) is 0 Å². The van der Waals surface area contributed by atoms with E-state index in [1.165, 1.54) is 18.4 Å². The normalized spacial score (nSPS) is 16.8. The number of aromatic hydroxyl groups is 1. The van der Waals surface area contributed by atoms with Crippen LogP contribution in [0.15, 0.2) is 47.1 Å². The third-order valence-electron chi connectivity index (χ3n) is 4.26. The Hall–Kier alpha value is -3.29. The largest absolute Gasteiger partial charge is 0.507 e. The van der Waals surface area contributed by atoms with E-state index < -0.39 is 11.8 Å². The molecular weight excluding hydrogens is 338 g/mol. The smallest absolute Gasteiger partial charge is 0.289 e. The molecule has 1 saturated heterocycles. The van der Waals surface area contributed by atoms with Crippen molar-refractivity contribution in [3.63, 3.8) is 0 Å². The molecule has 8 heteroatoms. The minimum Gasteiger partial charge on any atom is -0.507 e. The first-order valence-corrected chi connectivity index (χ1v) is 8.27. The molecule has 136 valence electrons. The molecule has 2 heterocycles. The summed E-state index contributed by atoms with van der Waals surface area (Å²) >= 11 is 0. The Bertz CT molecular complexity index is 803.